The number of ether oxygens (including phenoxy) is 5. The standard InChI is InChI=1S/C60H78Cl2FN9O18/c1-30(2)51(68-45(73)18-11-12-19-49(77)90-72-46(74)20-21-47(72)75)54(79)66-38(16-14-22-65-57(64)82)53(78)67-39-27-36(61)35(26-37(39)63)55(80)70(7)33(5)56(81)88-44-28-48(76)71(8)40-24-34(25-41(85-9)50(40)62)23-31(3)15-13-17-43(86-10)60(84)29-42(87-58(83)69-60)32(4)52-59(44,6)89-52/h13,15,17,24-27,30,32-33,38,42-44,51-52,84H,11-12,14,16,18-23,28-29H2,1-10H3,(H,66,79)(H,67,78)(H,68,73)(H,69,83)(H3,64,65,82)/b17-13+,31-15+/t32-,33+,38+,42+,43-,44+,51+,52+,59+,60+/m1/s1. The SMILES string of the molecule is COc1cc2cc(c1Cl)N(C)C(=O)C[C@H](OC(=O)[C@H](C)N(C)C(=O)c1cc(F)c(NC(=O)[C@H](CCCNC(N)=O)NC(=O)[C@@H](NC(=O)CCCCC(=O)ON3C(=O)CCC3=O)C(C)C)cc1Cl)[C@]1(C)O[C@H]1[C@H](C)[C@@H]1C[C@@](O)(NC(=O)O1)[C@H](OC)/C=C/C=C(\C)C2. The number of unbranched alkanes of at least 4 members (excludes halogenated alkanes) is 1. The molecule has 3 fully saturated rings. The first-order valence-electron chi connectivity index (χ1n) is 29.2. The number of allylic oxidation sites excluding steroid dienone is 3. The third-order valence-corrected chi connectivity index (χ3v) is 16.8. The zero-order valence-corrected chi connectivity index (χ0v) is 53.2. The topological polar surface area (TPSA) is 363 Å². The van der Waals surface area contributed by atoms with Crippen LogP contribution >= 0.6 is 23.2 Å². The van der Waals surface area contributed by atoms with Gasteiger partial charge in [-0.3, -0.25) is 38.9 Å². The van der Waals surface area contributed by atoms with E-state index < -0.39 is 155 Å². The Morgan fingerprint density at radius 1 is 0.956 bits per heavy atom. The Labute approximate surface area is 529 Å². The van der Waals surface area contributed by atoms with E-state index in [1.165, 1.54) is 40.1 Å². The highest BCUT2D eigenvalue weighted by Crippen LogP contribution is 2.49. The highest BCUT2D eigenvalue weighted by atomic mass is 35.5. The van der Waals surface area contributed by atoms with Crippen molar-refractivity contribution in [1.82, 2.24) is 31.2 Å². The number of fused-ring (bicyclic) bond motifs is 5. The van der Waals surface area contributed by atoms with Crippen molar-refractivity contribution in [3.8, 4) is 5.75 Å². The van der Waals surface area contributed by atoms with Gasteiger partial charge in [-0.05, 0) is 88.6 Å². The molecule has 0 radical (unpaired) electrons. The summed E-state index contributed by atoms with van der Waals surface area (Å²) in [6.07, 6.45) is -0.831. The number of likely N-dealkylation sites (N-methyl/N-ethyl adjacent to an activating group) is 1. The number of nitrogens with two attached hydrogens (primary N) is 1. The van der Waals surface area contributed by atoms with Crippen LogP contribution in [0.5, 0.6) is 5.75 Å². The molecule has 6 rings (SSSR count). The number of aliphatic hydroxyl groups is 1. The van der Waals surface area contributed by atoms with Crippen molar-refractivity contribution in [3.63, 3.8) is 0 Å². The summed E-state index contributed by atoms with van der Waals surface area (Å²) in [5.74, 6) is -9.26. The largest absolute Gasteiger partial charge is 0.495 e. The molecule has 10 atom stereocenters. The van der Waals surface area contributed by atoms with Crippen molar-refractivity contribution in [3.05, 3.63) is 75.1 Å². The van der Waals surface area contributed by atoms with E-state index in [4.69, 9.17) is 57.5 Å². The molecule has 10 amide bonds. The van der Waals surface area contributed by atoms with Crippen molar-refractivity contribution in [1.29, 1.82) is 0 Å². The molecule has 0 spiro atoms. The number of esters is 1. The highest BCUT2D eigenvalue weighted by molar-refractivity contribution is 6.35. The Morgan fingerprint density at radius 3 is 2.28 bits per heavy atom. The number of imide groups is 1. The summed E-state index contributed by atoms with van der Waals surface area (Å²) in [5.41, 5.74) is 2.61. The molecule has 0 saturated carbocycles. The highest BCUT2D eigenvalue weighted by Gasteiger charge is 2.64. The van der Waals surface area contributed by atoms with E-state index in [2.05, 4.69) is 26.6 Å². The van der Waals surface area contributed by atoms with Crippen LogP contribution in [0.3, 0.4) is 0 Å². The first-order chi connectivity index (χ1) is 42.3. The zero-order chi connectivity index (χ0) is 66.7. The Morgan fingerprint density at radius 2 is 1.63 bits per heavy atom. The molecule has 2 aromatic carbocycles. The van der Waals surface area contributed by atoms with Crippen molar-refractivity contribution >= 4 is 100.0 Å². The number of carbonyl (C=O) groups excluding carboxylic acids is 11. The van der Waals surface area contributed by atoms with Crippen LogP contribution in [-0.2, 0) is 68.6 Å². The van der Waals surface area contributed by atoms with Gasteiger partial charge in [0.25, 0.3) is 17.7 Å². The maximum Gasteiger partial charge on any atom is 0.409 e. The van der Waals surface area contributed by atoms with Gasteiger partial charge in [-0.1, -0.05) is 67.8 Å². The summed E-state index contributed by atoms with van der Waals surface area (Å²) >= 11 is 13.5. The van der Waals surface area contributed by atoms with Crippen molar-refractivity contribution in [2.45, 2.75) is 166 Å². The number of epoxide rings is 1. The smallest absolute Gasteiger partial charge is 0.409 e. The number of benzene rings is 2. The van der Waals surface area contributed by atoms with Gasteiger partial charge in [0.05, 0.1) is 41.6 Å². The second-order valence-corrected chi connectivity index (χ2v) is 23.9. The predicted octanol–water partition coefficient (Wildman–Crippen LogP) is 4.80. The maximum absolute atomic E-state index is 16.2. The molecule has 8 N–H and O–H groups in total. The van der Waals surface area contributed by atoms with Crippen LogP contribution in [0.15, 0.2) is 48.1 Å². The normalized spacial score (nSPS) is 24.6. The molecule has 0 aliphatic carbocycles. The molecule has 4 aliphatic rings. The van der Waals surface area contributed by atoms with Crippen molar-refractivity contribution in [2.75, 3.05) is 45.1 Å². The van der Waals surface area contributed by atoms with Gasteiger partial charge in [0.2, 0.25) is 23.6 Å². The number of hydroxylamine groups is 2. The summed E-state index contributed by atoms with van der Waals surface area (Å²) in [6, 6.07) is 0.128. The van der Waals surface area contributed by atoms with E-state index in [0.29, 0.717) is 17.0 Å². The lowest BCUT2D eigenvalue weighted by Crippen LogP contribution is -2.63. The van der Waals surface area contributed by atoms with E-state index in [9.17, 15) is 57.8 Å². The Balaban J connectivity index is 1.17. The number of rotatable bonds is 22. The molecular formula is C60H78Cl2FN9O18. The third kappa shape index (κ3) is 17.7. The Bertz CT molecular complexity index is 3170. The number of carbonyl (C=O) groups is 11. The van der Waals surface area contributed by atoms with E-state index in [-0.39, 0.29) is 85.8 Å². The number of hydrogen-bond acceptors (Lipinski definition) is 18. The van der Waals surface area contributed by atoms with Crippen LogP contribution in [0, 0.1) is 17.7 Å². The lowest BCUT2D eigenvalue weighted by atomic mass is 9.83. The van der Waals surface area contributed by atoms with Crippen LogP contribution in [0.4, 0.5) is 25.4 Å². The van der Waals surface area contributed by atoms with Crippen molar-refractivity contribution in [2.24, 2.45) is 17.6 Å². The maximum atomic E-state index is 16.2. The summed E-state index contributed by atoms with van der Waals surface area (Å²) in [4.78, 5) is 151. The number of primary amides is 1. The average molecular weight is 1300 g/mol. The van der Waals surface area contributed by atoms with Gasteiger partial charge in [-0.2, -0.15) is 0 Å². The monoisotopic (exact) mass is 1300 g/mol. The fraction of sp³-hybridized carbons (Fsp3) is 0.550. The summed E-state index contributed by atoms with van der Waals surface area (Å²) in [6.45, 7) is 9.69. The van der Waals surface area contributed by atoms with E-state index >= 15 is 4.39 Å². The van der Waals surface area contributed by atoms with E-state index in [0.717, 1.165) is 22.6 Å². The molecule has 2 aromatic rings. The number of urea groups is 1. The number of alkyl carbamates (subject to hydrolysis) is 1. The van der Waals surface area contributed by atoms with Gasteiger partial charge in [-0.25, -0.2) is 23.6 Å². The molecule has 4 aliphatic heterocycles. The minimum absolute atomic E-state index is 0.0350. The lowest BCUT2D eigenvalue weighted by Gasteiger charge is -2.42. The first-order valence-corrected chi connectivity index (χ1v) is 29.9. The molecule has 3 saturated heterocycles. The molecule has 30 heteroatoms. The van der Waals surface area contributed by atoms with Gasteiger partial charge in [0.1, 0.15) is 58.6 Å². The van der Waals surface area contributed by atoms with Gasteiger partial charge in [-0.15, -0.1) is 5.06 Å². The third-order valence-electron chi connectivity index (χ3n) is 16.1. The second-order valence-electron chi connectivity index (χ2n) is 23.2. The minimum Gasteiger partial charge on any atom is -0.495 e. The van der Waals surface area contributed by atoms with Crippen molar-refractivity contribution < 1.29 is 90.8 Å². The number of methoxy groups -OCH3 is 2. The van der Waals surface area contributed by atoms with Gasteiger partial charge in [0, 0.05) is 65.8 Å². The van der Waals surface area contributed by atoms with Crippen LogP contribution in [0.25, 0.3) is 0 Å². The van der Waals surface area contributed by atoms with Gasteiger partial charge < -0.3 is 70.4 Å². The molecule has 4 heterocycles. The predicted molar refractivity (Wildman–Crippen MR) is 321 cm³/mol. The number of nitrogens with zero attached hydrogens (tertiary/aromatic N) is 3. The summed E-state index contributed by atoms with van der Waals surface area (Å²) < 4.78 is 45.6. The second kappa shape index (κ2) is 30.7. The number of nitrogens with one attached hydrogen (secondary N) is 5. The fourth-order valence-electron chi connectivity index (χ4n) is 10.6. The molecule has 492 valence electrons. The minimum atomic E-state index is -1.96. The molecule has 0 unspecified atom stereocenters. The Hall–Kier alpha value is -7.92. The molecule has 90 heavy (non-hydrogen) atoms. The van der Waals surface area contributed by atoms with E-state index in [1.807, 2.05) is 6.92 Å². The quantitative estimate of drug-likeness (QED) is 0.0360. The van der Waals surface area contributed by atoms with Gasteiger partial charge in [0.15, 0.2) is 5.72 Å². The first kappa shape index (κ1) is 71.2. The molecule has 4 bridgehead atoms. The molecular weight excluding hydrogens is 1220 g/mol. The van der Waals surface area contributed by atoms with Crippen LogP contribution < -0.4 is 42.0 Å². The average Bonchev–Trinajstić information content (AvgIpc) is 1.62. The number of amides is 10. The zero-order valence-electron chi connectivity index (χ0n) is 51.7. The number of hydrogen-bond donors (Lipinski definition) is 7. The van der Waals surface area contributed by atoms with Crippen LogP contribution in [0.1, 0.15) is 122 Å². The van der Waals surface area contributed by atoms with Gasteiger partial charge >= 0.3 is 24.1 Å². The molecule has 0 aromatic heterocycles. The Kier molecular flexibility index (Phi) is 24.3. The number of halogens is 3. The fourth-order valence-corrected chi connectivity index (χ4v) is 11.1. The molecule has 27 nitrogen and oxygen atoms in total. The lowest BCUT2D eigenvalue weighted by molar-refractivity contribution is -0.197. The number of anilines is 2. The summed E-state index contributed by atoms with van der Waals surface area (Å²) in [5, 5.41) is 24.5. The van der Waals surface area contributed by atoms with E-state index in [1.54, 1.807) is 58.1 Å². The summed E-state index contributed by atoms with van der Waals surface area (Å²) in [7, 11) is 5.49. The van der Waals surface area contributed by atoms with Crippen LogP contribution in [-0.4, -0.2) is 169 Å². The van der Waals surface area contributed by atoms with Crippen LogP contribution in [0.2, 0.25) is 10.0 Å².